The van der Waals surface area contributed by atoms with Crippen LogP contribution in [0, 0.1) is 0 Å². The first kappa shape index (κ1) is 76.9. The fourth-order valence-corrected chi connectivity index (χ4v) is 9.80. The topological polar surface area (TPSA) is 175 Å². The van der Waals surface area contributed by atoms with E-state index in [9.17, 15) is 34.5 Å². The van der Waals surface area contributed by atoms with E-state index < -0.39 is 67.3 Å². The number of ether oxygens (including phenoxy) is 5. The largest absolute Gasteiger partial charge is 0.479 e. The van der Waals surface area contributed by atoms with Crippen molar-refractivity contribution in [1.82, 2.24) is 0 Å². The maximum absolute atomic E-state index is 13.2. The van der Waals surface area contributed by atoms with Crippen molar-refractivity contribution in [3.05, 3.63) is 85.1 Å². The van der Waals surface area contributed by atoms with E-state index >= 15 is 0 Å². The molecule has 0 amide bonds. The van der Waals surface area contributed by atoms with Gasteiger partial charge < -0.3 is 39.0 Å². The summed E-state index contributed by atoms with van der Waals surface area (Å²) < 4.78 is 28.6. The van der Waals surface area contributed by atoms with Gasteiger partial charge in [-0.15, -0.1) is 0 Å². The minimum atomic E-state index is -1.91. The van der Waals surface area contributed by atoms with Crippen molar-refractivity contribution in [3.8, 4) is 0 Å². The lowest BCUT2D eigenvalue weighted by molar-refractivity contribution is -0.301. The zero-order valence-electron chi connectivity index (χ0n) is 52.7. The summed E-state index contributed by atoms with van der Waals surface area (Å²) >= 11 is 0. The van der Waals surface area contributed by atoms with Gasteiger partial charge in [-0.05, 0) is 116 Å². The van der Waals surface area contributed by atoms with Gasteiger partial charge in [0.05, 0.1) is 6.61 Å². The zero-order chi connectivity index (χ0) is 60.3. The van der Waals surface area contributed by atoms with Crippen LogP contribution in [0.3, 0.4) is 0 Å². The summed E-state index contributed by atoms with van der Waals surface area (Å²) in [5.74, 6) is -3.14. The number of carbonyl (C=O) groups is 4. The molecule has 0 radical (unpaired) electrons. The number of carboxylic acids is 1. The monoisotopic (exact) mass is 1160 g/mol. The molecule has 3 N–H and O–H groups in total. The molecule has 6 atom stereocenters. The highest BCUT2D eigenvalue weighted by atomic mass is 16.7. The van der Waals surface area contributed by atoms with Crippen molar-refractivity contribution in [3.63, 3.8) is 0 Å². The van der Waals surface area contributed by atoms with Gasteiger partial charge in [0.15, 0.2) is 24.6 Å². The van der Waals surface area contributed by atoms with E-state index in [1.54, 1.807) is 0 Å². The first-order valence-electron chi connectivity index (χ1n) is 33.6. The highest BCUT2D eigenvalue weighted by molar-refractivity contribution is 5.74. The Morgan fingerprint density at radius 2 is 0.759 bits per heavy atom. The van der Waals surface area contributed by atoms with Gasteiger partial charge in [-0.1, -0.05) is 241 Å². The van der Waals surface area contributed by atoms with Crippen LogP contribution in [-0.4, -0.2) is 89.2 Å². The number of rotatable bonds is 57. The fraction of sp³-hybridized carbons (Fsp3) is 0.746. The summed E-state index contributed by atoms with van der Waals surface area (Å²) in [5, 5.41) is 31.6. The van der Waals surface area contributed by atoms with E-state index in [0.717, 1.165) is 141 Å². The number of hydrogen-bond donors (Lipinski definition) is 3. The van der Waals surface area contributed by atoms with Crippen LogP contribution in [0.1, 0.15) is 290 Å². The van der Waals surface area contributed by atoms with Gasteiger partial charge in [-0.2, -0.15) is 0 Å². The number of hydrogen-bond acceptors (Lipinski definition) is 11. The molecule has 1 saturated heterocycles. The molecule has 1 heterocycles. The standard InChI is InChI=1S/C71H120O12/c1-4-7-10-13-16-19-22-25-28-31-32-35-38-41-44-47-50-53-56-59-65(74)82-69-67(76)66(75)68(70(77)78)83-71(69)80-61-62(81-64(73)58-55-52-49-46-43-40-37-34-30-27-24-21-18-15-12-9-6-3)60-79-63(72)57-54-51-48-45-42-39-36-33-29-26-23-20-17-14-11-8-5-2/h8,11,16-17,19-20,25-30,32,35,62,66-69,71,75-76H,4-7,9-10,12-15,18,21-24,31,33-34,36-61H2,1-3H3,(H,77,78)/b11-8-,19-16-,20-17-,28-25-,29-26-,30-27-,35-32-. The summed E-state index contributed by atoms with van der Waals surface area (Å²) in [4.78, 5) is 51.4. The highest BCUT2D eigenvalue weighted by Crippen LogP contribution is 2.27. The molecule has 0 spiro atoms. The molecule has 0 aromatic heterocycles. The average Bonchev–Trinajstić information content (AvgIpc) is 3.58. The molecule has 12 nitrogen and oxygen atoms in total. The maximum atomic E-state index is 13.2. The first-order valence-corrected chi connectivity index (χ1v) is 33.6. The number of esters is 3. The van der Waals surface area contributed by atoms with Crippen molar-refractivity contribution in [2.24, 2.45) is 0 Å². The summed E-state index contributed by atoms with van der Waals surface area (Å²) in [5.41, 5.74) is 0. The highest BCUT2D eigenvalue weighted by Gasteiger charge is 2.50. The summed E-state index contributed by atoms with van der Waals surface area (Å²) in [6.07, 6.45) is 63.8. The lowest BCUT2D eigenvalue weighted by Gasteiger charge is -2.40. The number of carboxylic acid groups (broad SMARTS) is 1. The Kier molecular flexibility index (Phi) is 54.0. The molecule has 1 rings (SSSR count). The van der Waals surface area contributed by atoms with Gasteiger partial charge in [0.2, 0.25) is 0 Å². The molecule has 0 saturated carbocycles. The quantitative estimate of drug-likeness (QED) is 0.0228. The maximum Gasteiger partial charge on any atom is 0.335 e. The Hall–Kier alpha value is -4.10. The predicted molar refractivity (Wildman–Crippen MR) is 340 cm³/mol. The average molecular weight is 1170 g/mol. The molecule has 6 unspecified atom stereocenters. The Labute approximate surface area is 505 Å². The van der Waals surface area contributed by atoms with Gasteiger partial charge >= 0.3 is 23.9 Å². The Bertz CT molecular complexity index is 1760. The molecule has 1 aliphatic rings. The van der Waals surface area contributed by atoms with Crippen LogP contribution in [0.15, 0.2) is 85.1 Å². The summed E-state index contributed by atoms with van der Waals surface area (Å²) in [6.45, 7) is 5.87. The zero-order valence-corrected chi connectivity index (χ0v) is 52.7. The molecule has 0 bridgehead atoms. The van der Waals surface area contributed by atoms with Gasteiger partial charge in [-0.3, -0.25) is 14.4 Å². The summed E-state index contributed by atoms with van der Waals surface area (Å²) in [7, 11) is 0. The van der Waals surface area contributed by atoms with Crippen LogP contribution in [0.2, 0.25) is 0 Å². The molecule has 1 fully saturated rings. The molecular weight excluding hydrogens is 1040 g/mol. The molecule has 12 heteroatoms. The normalized spacial score (nSPS) is 18.1. The second-order valence-corrected chi connectivity index (χ2v) is 22.7. The van der Waals surface area contributed by atoms with Crippen LogP contribution >= 0.6 is 0 Å². The van der Waals surface area contributed by atoms with Crippen LogP contribution < -0.4 is 0 Å². The number of allylic oxidation sites excluding steroid dienone is 14. The van der Waals surface area contributed by atoms with Crippen molar-refractivity contribution in [2.45, 2.75) is 327 Å². The fourth-order valence-electron chi connectivity index (χ4n) is 9.80. The number of aliphatic carboxylic acids is 1. The van der Waals surface area contributed by atoms with Crippen LogP contribution in [0.4, 0.5) is 0 Å². The van der Waals surface area contributed by atoms with Crippen molar-refractivity contribution >= 4 is 23.9 Å². The lowest BCUT2D eigenvalue weighted by Crippen LogP contribution is -2.61. The molecule has 0 aromatic carbocycles. The van der Waals surface area contributed by atoms with Gasteiger partial charge in [0.1, 0.15) is 18.8 Å². The van der Waals surface area contributed by atoms with Crippen molar-refractivity contribution in [1.29, 1.82) is 0 Å². The second-order valence-electron chi connectivity index (χ2n) is 22.7. The van der Waals surface area contributed by atoms with Crippen LogP contribution in [0.25, 0.3) is 0 Å². The van der Waals surface area contributed by atoms with Gasteiger partial charge in [0, 0.05) is 19.3 Å². The van der Waals surface area contributed by atoms with Gasteiger partial charge in [0.25, 0.3) is 0 Å². The smallest absolute Gasteiger partial charge is 0.335 e. The minimum Gasteiger partial charge on any atom is -0.479 e. The third-order valence-corrected chi connectivity index (χ3v) is 14.9. The van der Waals surface area contributed by atoms with E-state index in [1.807, 2.05) is 0 Å². The minimum absolute atomic E-state index is 0.0424. The van der Waals surface area contributed by atoms with Crippen molar-refractivity contribution in [2.75, 3.05) is 13.2 Å². The SMILES string of the molecule is CC/C=C\C/C=C\C/C=C\CCCCCCCCCC(=O)OCC(COC1OC(C(=O)O)C(O)C(O)C1OC(=O)CCCCCCCC/C=C\C/C=C\C/C=C\CCCCC)OC(=O)CCCCCCCCC/C=C\CCCCCCCC. The molecule has 476 valence electrons. The number of carbonyl (C=O) groups excluding carboxylic acids is 3. The first-order chi connectivity index (χ1) is 40.6. The molecule has 0 aromatic rings. The number of aliphatic hydroxyl groups excluding tert-OH is 2. The number of unbranched alkanes of at least 4 members (excludes halogenated alkanes) is 29. The molecule has 83 heavy (non-hydrogen) atoms. The molecular formula is C71H120O12. The second kappa shape index (κ2) is 58.3. The van der Waals surface area contributed by atoms with Crippen LogP contribution in [-0.2, 0) is 42.9 Å². The number of aliphatic hydroxyl groups is 2. The third kappa shape index (κ3) is 47.8. The van der Waals surface area contributed by atoms with E-state index in [1.165, 1.54) is 89.9 Å². The van der Waals surface area contributed by atoms with Crippen molar-refractivity contribution < 1.29 is 58.2 Å². The lowest BCUT2D eigenvalue weighted by atomic mass is 9.98. The predicted octanol–water partition coefficient (Wildman–Crippen LogP) is 18.2. The van der Waals surface area contributed by atoms with E-state index in [-0.39, 0.29) is 25.9 Å². The Morgan fingerprint density at radius 1 is 0.410 bits per heavy atom. The van der Waals surface area contributed by atoms with Crippen LogP contribution in [0.5, 0.6) is 0 Å². The molecule has 1 aliphatic heterocycles. The third-order valence-electron chi connectivity index (χ3n) is 14.9. The summed E-state index contributed by atoms with van der Waals surface area (Å²) in [6, 6.07) is 0. The Morgan fingerprint density at radius 3 is 1.19 bits per heavy atom. The van der Waals surface area contributed by atoms with Gasteiger partial charge in [-0.25, -0.2) is 4.79 Å². The van der Waals surface area contributed by atoms with E-state index in [0.29, 0.717) is 19.3 Å². The van der Waals surface area contributed by atoms with E-state index in [4.69, 9.17) is 23.7 Å². The van der Waals surface area contributed by atoms with E-state index in [2.05, 4.69) is 106 Å². The molecule has 0 aliphatic carbocycles. The Balaban J connectivity index is 2.67.